The zero-order chi connectivity index (χ0) is 24.8. The number of halogens is 2. The van der Waals surface area contributed by atoms with E-state index < -0.39 is 5.82 Å². The number of anilines is 1. The summed E-state index contributed by atoms with van der Waals surface area (Å²) in [6.07, 6.45) is 4.17. The van der Waals surface area contributed by atoms with Crippen molar-refractivity contribution in [3.05, 3.63) is 29.6 Å². The third kappa shape index (κ3) is 7.08. The Morgan fingerprint density at radius 2 is 1.94 bits per heavy atom. The van der Waals surface area contributed by atoms with Gasteiger partial charge in [-0.3, -0.25) is 4.90 Å². The molecule has 1 saturated heterocycles. The lowest BCUT2D eigenvalue weighted by atomic mass is 9.79. The van der Waals surface area contributed by atoms with Gasteiger partial charge in [0.2, 0.25) is 0 Å². The van der Waals surface area contributed by atoms with Crippen LogP contribution < -0.4 is 5.32 Å². The van der Waals surface area contributed by atoms with E-state index in [1.807, 2.05) is 4.90 Å². The second-order valence-corrected chi connectivity index (χ2v) is 11.1. The van der Waals surface area contributed by atoms with Gasteiger partial charge in [-0.1, -0.05) is 13.8 Å². The summed E-state index contributed by atoms with van der Waals surface area (Å²) >= 11 is 0.0801. The highest BCUT2D eigenvalue weighted by Gasteiger charge is 2.33. The average Bonchev–Trinajstić information content (AvgIpc) is 2.78. The first-order valence-electron chi connectivity index (χ1n) is 12.7. The smallest absolute Gasteiger partial charge is 0.321 e. The molecule has 0 radical (unpaired) electrons. The number of hydrogen-bond acceptors (Lipinski definition) is 4. The van der Waals surface area contributed by atoms with Crippen LogP contribution in [0.1, 0.15) is 58.9 Å². The summed E-state index contributed by atoms with van der Waals surface area (Å²) in [5, 5.41) is 2.98. The molecule has 8 heteroatoms. The normalized spacial score (nSPS) is 28.6. The predicted molar refractivity (Wildman–Crippen MR) is 138 cm³/mol. The monoisotopic (exact) mass is 496 g/mol. The van der Waals surface area contributed by atoms with Crippen LogP contribution in [-0.4, -0.2) is 72.1 Å². The Bertz CT molecular complexity index is 813. The van der Waals surface area contributed by atoms with Crippen LogP contribution in [0, 0.1) is 17.7 Å². The van der Waals surface area contributed by atoms with Crippen molar-refractivity contribution in [3.8, 4) is 0 Å². The van der Waals surface area contributed by atoms with Gasteiger partial charge in [0.15, 0.2) is 0 Å². The van der Waals surface area contributed by atoms with Crippen LogP contribution in [0.25, 0.3) is 0 Å². The van der Waals surface area contributed by atoms with Gasteiger partial charge in [-0.2, -0.15) is 3.89 Å². The molecule has 5 atom stereocenters. The molecule has 1 aromatic carbocycles. The number of urea groups is 1. The Morgan fingerprint density at radius 1 is 1.18 bits per heavy atom. The molecule has 1 aliphatic heterocycles. The summed E-state index contributed by atoms with van der Waals surface area (Å²) in [5.41, 5.74) is 0.772. The van der Waals surface area contributed by atoms with Gasteiger partial charge in [0, 0.05) is 67.7 Å². The van der Waals surface area contributed by atoms with Crippen molar-refractivity contribution in [2.24, 2.45) is 11.8 Å². The topological polar surface area (TPSA) is 38.8 Å². The molecule has 192 valence electrons. The van der Waals surface area contributed by atoms with E-state index in [-0.39, 0.29) is 35.5 Å². The lowest BCUT2D eigenvalue weighted by Crippen LogP contribution is -2.55. The number of nitrogens with one attached hydrogen (secondary N) is 1. The van der Waals surface area contributed by atoms with Gasteiger partial charge in [0.25, 0.3) is 0 Å². The van der Waals surface area contributed by atoms with Crippen molar-refractivity contribution >= 4 is 23.9 Å². The zero-order valence-electron chi connectivity index (χ0n) is 21.4. The molecule has 0 bridgehead atoms. The fraction of sp³-hybridized carbons (Fsp3) is 0.731. The summed E-state index contributed by atoms with van der Waals surface area (Å²) in [6, 6.07) is 5.48. The van der Waals surface area contributed by atoms with Crippen molar-refractivity contribution < 1.29 is 13.1 Å². The third-order valence-electron chi connectivity index (χ3n) is 7.83. The predicted octanol–water partition coefficient (Wildman–Crippen LogP) is 6.02. The van der Waals surface area contributed by atoms with Crippen LogP contribution in [0.2, 0.25) is 0 Å². The van der Waals surface area contributed by atoms with Crippen molar-refractivity contribution in [1.82, 2.24) is 14.7 Å². The maximum Gasteiger partial charge on any atom is 0.322 e. The van der Waals surface area contributed by atoms with Crippen LogP contribution >= 0.6 is 12.1 Å². The number of nitrogens with zero attached hydrogens (tertiary/aromatic N) is 3. The summed E-state index contributed by atoms with van der Waals surface area (Å²) in [6.45, 7) is 12.8. The van der Waals surface area contributed by atoms with Crippen LogP contribution in [0.5, 0.6) is 0 Å². The number of amides is 2. The molecule has 0 spiro atoms. The Hall–Kier alpha value is -1.38. The molecular formula is C26H42F2N4OS. The van der Waals surface area contributed by atoms with E-state index in [0.29, 0.717) is 36.2 Å². The lowest BCUT2D eigenvalue weighted by Gasteiger charge is -2.43. The molecule has 5 unspecified atom stereocenters. The molecule has 2 aliphatic rings. The molecule has 5 nitrogen and oxygen atoms in total. The van der Waals surface area contributed by atoms with Gasteiger partial charge in [0.05, 0.1) is 5.75 Å². The molecule has 2 fully saturated rings. The summed E-state index contributed by atoms with van der Waals surface area (Å²) in [4.78, 5) is 20.4. The van der Waals surface area contributed by atoms with E-state index in [2.05, 4.69) is 49.9 Å². The maximum absolute atomic E-state index is 13.9. The Kier molecular flexibility index (Phi) is 10.0. The van der Waals surface area contributed by atoms with Crippen molar-refractivity contribution in [3.63, 3.8) is 0 Å². The number of carbonyl (C=O) groups excluding carboxylic acids is 1. The van der Waals surface area contributed by atoms with E-state index in [1.54, 1.807) is 6.07 Å². The number of carbonyl (C=O) groups is 1. The number of benzene rings is 1. The summed E-state index contributed by atoms with van der Waals surface area (Å²) in [7, 11) is 2.18. The fourth-order valence-electron chi connectivity index (χ4n) is 5.67. The Balaban J connectivity index is 1.68. The SMILES string of the molecule is CC1CCC(N(CCCN2CC(C)N(C)CC2C)C(=O)Nc2ccc(F)c(CSF)c2)C(C)C1. The van der Waals surface area contributed by atoms with Gasteiger partial charge < -0.3 is 15.1 Å². The van der Waals surface area contributed by atoms with E-state index in [9.17, 15) is 13.1 Å². The Morgan fingerprint density at radius 3 is 2.65 bits per heavy atom. The highest BCUT2D eigenvalue weighted by molar-refractivity contribution is 7.93. The summed E-state index contributed by atoms with van der Waals surface area (Å²) < 4.78 is 26.7. The van der Waals surface area contributed by atoms with Gasteiger partial charge in [-0.15, -0.1) is 0 Å². The molecule has 1 aliphatic carbocycles. The summed E-state index contributed by atoms with van der Waals surface area (Å²) in [5.74, 6) is 0.592. The minimum Gasteiger partial charge on any atom is -0.321 e. The van der Waals surface area contributed by atoms with Crippen molar-refractivity contribution in [2.45, 2.75) is 77.3 Å². The van der Waals surface area contributed by atoms with Crippen LogP contribution in [0.3, 0.4) is 0 Å². The van der Waals surface area contributed by atoms with E-state index in [0.717, 1.165) is 45.3 Å². The van der Waals surface area contributed by atoms with Gasteiger partial charge in [-0.05, 0) is 76.6 Å². The highest BCUT2D eigenvalue weighted by Crippen LogP contribution is 2.33. The minimum atomic E-state index is -0.453. The zero-order valence-corrected chi connectivity index (χ0v) is 22.2. The molecule has 1 aromatic rings. The van der Waals surface area contributed by atoms with E-state index in [4.69, 9.17) is 0 Å². The highest BCUT2D eigenvalue weighted by atomic mass is 32.2. The minimum absolute atomic E-state index is 0.0710. The van der Waals surface area contributed by atoms with Gasteiger partial charge in [-0.25, -0.2) is 9.18 Å². The van der Waals surface area contributed by atoms with E-state index >= 15 is 0 Å². The molecule has 1 heterocycles. The second kappa shape index (κ2) is 12.5. The molecule has 34 heavy (non-hydrogen) atoms. The molecule has 2 amide bonds. The molecular weight excluding hydrogens is 454 g/mol. The quantitative estimate of drug-likeness (QED) is 0.478. The van der Waals surface area contributed by atoms with Gasteiger partial charge >= 0.3 is 6.03 Å². The Labute approximate surface area is 208 Å². The van der Waals surface area contributed by atoms with Gasteiger partial charge in [0.1, 0.15) is 5.82 Å². The van der Waals surface area contributed by atoms with E-state index in [1.165, 1.54) is 12.1 Å². The second-order valence-electron chi connectivity index (χ2n) is 10.6. The number of piperazine rings is 1. The molecule has 1 saturated carbocycles. The van der Waals surface area contributed by atoms with Crippen LogP contribution in [0.15, 0.2) is 18.2 Å². The average molecular weight is 497 g/mol. The maximum atomic E-state index is 13.9. The van der Waals surface area contributed by atoms with Crippen LogP contribution in [0.4, 0.5) is 18.8 Å². The molecule has 3 rings (SSSR count). The standard InChI is InChI=1S/C26H42F2N4OS/c1-18-7-10-25(19(2)13-18)32(12-6-11-31-16-20(3)30(5)15-21(31)4)26(33)29-23-8-9-24(27)22(14-23)17-34-28/h8-9,14,18-21,25H,6-7,10-13,15-17H2,1-5H3,(H,29,33). The third-order valence-corrected chi connectivity index (χ3v) is 8.25. The number of hydrogen-bond donors (Lipinski definition) is 1. The van der Waals surface area contributed by atoms with Crippen LogP contribution in [-0.2, 0) is 5.75 Å². The fourth-order valence-corrected chi connectivity index (χ4v) is 6.01. The van der Waals surface area contributed by atoms with Crippen molar-refractivity contribution in [2.75, 3.05) is 38.5 Å². The number of likely N-dealkylation sites (N-methyl/N-ethyl adjacent to an activating group) is 1. The first kappa shape index (κ1) is 27.2. The largest absolute Gasteiger partial charge is 0.322 e. The molecule has 0 aromatic heterocycles. The van der Waals surface area contributed by atoms with Crippen molar-refractivity contribution in [1.29, 1.82) is 0 Å². The first-order chi connectivity index (χ1) is 16.2. The lowest BCUT2D eigenvalue weighted by molar-refractivity contribution is 0.0545. The molecule has 1 N–H and O–H groups in total. The first-order valence-corrected chi connectivity index (χ1v) is 13.6. The number of rotatable bonds is 8.